The number of fused-ring (bicyclic) bond motifs is 5. The first kappa shape index (κ1) is 46.5. The summed E-state index contributed by atoms with van der Waals surface area (Å²) in [4.78, 5) is 69.7. The topological polar surface area (TPSA) is 215 Å². The molecule has 1 aliphatic heterocycles. The molecule has 2 aromatic rings. The van der Waals surface area contributed by atoms with Gasteiger partial charge in [-0.15, -0.1) is 13.2 Å². The van der Waals surface area contributed by atoms with Gasteiger partial charge in [0.25, 0.3) is 0 Å². The lowest BCUT2D eigenvalue weighted by Gasteiger charge is -2.67. The molecule has 1 saturated heterocycles. The molecule has 62 heavy (non-hydrogen) atoms. The van der Waals surface area contributed by atoms with Gasteiger partial charge in [-0.05, 0) is 73.9 Å². The minimum atomic E-state index is -2.35. The molecule has 1 heterocycles. The van der Waals surface area contributed by atoms with Crippen molar-refractivity contribution in [2.75, 3.05) is 6.61 Å². The Balaban J connectivity index is 1.46. The molecule has 6 rings (SSSR count). The van der Waals surface area contributed by atoms with Crippen LogP contribution >= 0.6 is 0 Å². The molecule has 0 spiro atoms. The Hall–Kier alpha value is -4.99. The highest BCUT2D eigenvalue weighted by Crippen LogP contribution is 2.64. The van der Waals surface area contributed by atoms with Crippen LogP contribution in [0, 0.1) is 16.7 Å². The zero-order chi connectivity index (χ0) is 45.4. The summed E-state index contributed by atoms with van der Waals surface area (Å²) in [7, 11) is 0. The van der Waals surface area contributed by atoms with Crippen LogP contribution in [0.2, 0.25) is 0 Å². The summed E-state index contributed by atoms with van der Waals surface area (Å²) in [6.45, 7) is 14.4. The quantitative estimate of drug-likeness (QED) is 0.0731. The molecule has 4 aliphatic rings. The van der Waals surface area contributed by atoms with Gasteiger partial charge in [-0.25, -0.2) is 9.59 Å². The molecule has 1 unspecified atom stereocenters. The van der Waals surface area contributed by atoms with Crippen molar-refractivity contribution in [2.45, 2.75) is 133 Å². The van der Waals surface area contributed by atoms with Crippen LogP contribution in [0.25, 0.3) is 0 Å². The Bertz CT molecular complexity index is 2100. The number of carbonyl (C=O) groups excluding carboxylic acids is 5. The normalized spacial score (nSPS) is 31.9. The Morgan fingerprint density at radius 2 is 1.66 bits per heavy atom. The highest BCUT2D eigenvalue weighted by atomic mass is 16.6. The van der Waals surface area contributed by atoms with Gasteiger partial charge in [0, 0.05) is 31.6 Å². The van der Waals surface area contributed by atoms with Gasteiger partial charge in [0.2, 0.25) is 5.91 Å². The number of ketones is 1. The first-order chi connectivity index (χ1) is 29.3. The molecule has 1 amide bonds. The van der Waals surface area contributed by atoms with E-state index in [2.05, 4.69) is 18.5 Å². The Kier molecular flexibility index (Phi) is 13.5. The number of unbranched alkanes of at least 4 members (excludes halogenated alkanes) is 2. The third-order valence-corrected chi connectivity index (χ3v) is 13.8. The third-order valence-electron chi connectivity index (χ3n) is 13.8. The maximum Gasteiger partial charge on any atom is 0.338 e. The van der Waals surface area contributed by atoms with E-state index in [9.17, 15) is 39.6 Å². The fourth-order valence-electron chi connectivity index (χ4n) is 10.3. The summed E-state index contributed by atoms with van der Waals surface area (Å²) in [6, 6.07) is 13.6. The zero-order valence-electron chi connectivity index (χ0n) is 36.0. The van der Waals surface area contributed by atoms with Crippen molar-refractivity contribution in [3.05, 3.63) is 108 Å². The van der Waals surface area contributed by atoms with Gasteiger partial charge in [-0.3, -0.25) is 14.4 Å². The van der Waals surface area contributed by atoms with E-state index in [0.717, 1.165) is 12.5 Å². The van der Waals surface area contributed by atoms with E-state index < -0.39 is 107 Å². The van der Waals surface area contributed by atoms with Gasteiger partial charge >= 0.3 is 17.9 Å². The van der Waals surface area contributed by atoms with E-state index >= 15 is 4.79 Å². The van der Waals surface area contributed by atoms with E-state index in [-0.39, 0.29) is 36.2 Å². The van der Waals surface area contributed by atoms with Crippen molar-refractivity contribution in [3.63, 3.8) is 0 Å². The smallest absolute Gasteiger partial charge is 0.338 e. The number of aliphatic hydroxyl groups excluding tert-OH is 3. The van der Waals surface area contributed by atoms with Gasteiger partial charge in [0.15, 0.2) is 17.5 Å². The lowest BCUT2D eigenvalue weighted by atomic mass is 9.44. The van der Waals surface area contributed by atoms with Crippen molar-refractivity contribution in [2.24, 2.45) is 16.7 Å². The van der Waals surface area contributed by atoms with Crippen LogP contribution in [0.1, 0.15) is 101 Å². The molecular formula is C48H59NO13. The molecule has 2 aromatic carbocycles. The standard InChI is InChI=1S/C48H59NO13/c1-8-10-11-15-19-35(52)49-37(30-17-13-12-14-18-30)39(54)44(57)60-32-25-48(58)42(61-43(56)31-22-20-29(16-9-2)21-23-31)40-46(7,41(55)38(53)36(27(32)3)45(48,5)6)33(51)24-34-47(40,26-59-34)62-28(4)50/h8-9,12-14,17-18,20-23,32-34,37-40,42,51,53-54,58H,1-2,10-11,15-16,19,24-26H2,3-7H3,(H,49,52)/t32-,33-,34+,37-,38+,39+,40?,42-,46+,47-,48+/m0/s1. The minimum Gasteiger partial charge on any atom is -0.456 e. The molecule has 14 nitrogen and oxygen atoms in total. The average Bonchev–Trinajstić information content (AvgIpc) is 3.23. The van der Waals surface area contributed by atoms with Gasteiger partial charge < -0.3 is 44.7 Å². The number of hydrogen-bond donors (Lipinski definition) is 5. The predicted molar refractivity (Wildman–Crippen MR) is 225 cm³/mol. The number of esters is 3. The number of carbonyl (C=O) groups is 5. The molecule has 2 bridgehead atoms. The first-order valence-corrected chi connectivity index (χ1v) is 21.2. The molecule has 0 aromatic heterocycles. The second kappa shape index (κ2) is 18.0. The van der Waals surface area contributed by atoms with E-state index in [1.165, 1.54) is 26.0 Å². The number of aliphatic hydroxyl groups is 4. The number of allylic oxidation sites excluding steroid dienone is 2. The largest absolute Gasteiger partial charge is 0.456 e. The maximum atomic E-state index is 15.1. The van der Waals surface area contributed by atoms with Crippen LogP contribution in [0.3, 0.4) is 0 Å². The lowest BCUT2D eigenvalue weighted by molar-refractivity contribution is -0.346. The maximum absolute atomic E-state index is 15.1. The van der Waals surface area contributed by atoms with Crippen molar-refractivity contribution in [3.8, 4) is 0 Å². The number of rotatable bonds is 15. The second-order valence-electron chi connectivity index (χ2n) is 17.9. The monoisotopic (exact) mass is 857 g/mol. The second-order valence-corrected chi connectivity index (χ2v) is 17.9. The minimum absolute atomic E-state index is 0.0498. The predicted octanol–water partition coefficient (Wildman–Crippen LogP) is 4.33. The van der Waals surface area contributed by atoms with E-state index in [0.29, 0.717) is 31.2 Å². The fraction of sp³-hybridized carbons (Fsp3) is 0.521. The zero-order valence-corrected chi connectivity index (χ0v) is 36.0. The summed E-state index contributed by atoms with van der Waals surface area (Å²) >= 11 is 0. The molecular weight excluding hydrogens is 799 g/mol. The molecule has 334 valence electrons. The van der Waals surface area contributed by atoms with E-state index in [1.807, 2.05) is 0 Å². The number of hydrogen-bond acceptors (Lipinski definition) is 13. The number of nitrogens with one attached hydrogen (secondary N) is 1. The Labute approximate surface area is 362 Å². The third kappa shape index (κ3) is 8.07. The van der Waals surface area contributed by atoms with Crippen LogP contribution in [0.15, 0.2) is 91.1 Å². The summed E-state index contributed by atoms with van der Waals surface area (Å²) < 4.78 is 24.4. The van der Waals surface area contributed by atoms with Crippen molar-refractivity contribution >= 4 is 29.6 Å². The van der Waals surface area contributed by atoms with Gasteiger partial charge in [0.05, 0.1) is 35.6 Å². The Morgan fingerprint density at radius 3 is 2.26 bits per heavy atom. The highest BCUT2D eigenvalue weighted by molar-refractivity contribution is 5.94. The van der Waals surface area contributed by atoms with Crippen LogP contribution < -0.4 is 5.32 Å². The molecule has 3 aliphatic carbocycles. The number of amides is 1. The van der Waals surface area contributed by atoms with Crippen LogP contribution in [0.5, 0.6) is 0 Å². The first-order valence-electron chi connectivity index (χ1n) is 21.2. The number of benzene rings is 2. The fourth-order valence-corrected chi connectivity index (χ4v) is 10.3. The SMILES string of the molecule is C=CCCCCC(=O)N[C@@H](c1ccccc1)[C@@H](O)C(=O)O[C@H]1C[C@@]2(O)[C@@H](OC(=O)c3ccc(CC=C)cc3)C3[C@](C)(C(=O)[C@H](O)C(=C1C)C2(C)C)[C@@H](O)C[C@H]1OC[C@@]31OC(C)=O. The van der Waals surface area contributed by atoms with Crippen molar-refractivity contribution in [1.29, 1.82) is 0 Å². The molecule has 14 heteroatoms. The summed E-state index contributed by atoms with van der Waals surface area (Å²) in [5, 5.41) is 52.2. The Morgan fingerprint density at radius 1 is 0.984 bits per heavy atom. The molecule has 0 radical (unpaired) electrons. The van der Waals surface area contributed by atoms with Crippen LogP contribution in [0.4, 0.5) is 0 Å². The summed E-state index contributed by atoms with van der Waals surface area (Å²) in [6.07, 6.45) is -4.39. The highest BCUT2D eigenvalue weighted by Gasteiger charge is 2.78. The van der Waals surface area contributed by atoms with Gasteiger partial charge in [0.1, 0.15) is 30.0 Å². The van der Waals surface area contributed by atoms with E-state index in [4.69, 9.17) is 18.9 Å². The van der Waals surface area contributed by atoms with Crippen LogP contribution in [-0.2, 0) is 44.5 Å². The molecule has 3 fully saturated rings. The van der Waals surface area contributed by atoms with Crippen molar-refractivity contribution in [1.82, 2.24) is 5.32 Å². The number of Topliss-reactive ketones (excluding diaryl/α,β-unsaturated/α-hetero) is 1. The van der Waals surface area contributed by atoms with Gasteiger partial charge in [-0.1, -0.05) is 68.5 Å². The number of ether oxygens (including phenoxy) is 4. The molecule has 5 N–H and O–H groups in total. The lowest BCUT2D eigenvalue weighted by Crippen LogP contribution is -2.81. The van der Waals surface area contributed by atoms with E-state index in [1.54, 1.807) is 68.5 Å². The average molecular weight is 858 g/mol. The summed E-state index contributed by atoms with van der Waals surface area (Å²) in [5.41, 5.74) is -6.27. The van der Waals surface area contributed by atoms with Crippen molar-refractivity contribution < 1.29 is 63.3 Å². The van der Waals surface area contributed by atoms with Crippen LogP contribution in [-0.4, -0.2) is 104 Å². The summed E-state index contributed by atoms with van der Waals surface area (Å²) in [5.74, 6) is -5.72. The molecule has 11 atom stereocenters. The van der Waals surface area contributed by atoms with Gasteiger partial charge in [-0.2, -0.15) is 0 Å². The molecule has 2 saturated carbocycles.